The van der Waals surface area contributed by atoms with Crippen LogP contribution in [0.25, 0.3) is 11.2 Å². The first-order valence-corrected chi connectivity index (χ1v) is 9.65. The minimum absolute atomic E-state index is 0.399. The average molecular weight is 498 g/mol. The van der Waals surface area contributed by atoms with Crippen LogP contribution in [-0.4, -0.2) is 59.8 Å². The fourth-order valence-corrected chi connectivity index (χ4v) is 3.72. The zero-order valence-electron chi connectivity index (χ0n) is 14.6. The normalized spacial score (nSPS) is 24.7. The lowest BCUT2D eigenvalue weighted by atomic mass is 10.1. The van der Waals surface area contributed by atoms with Crippen molar-refractivity contribution in [2.75, 3.05) is 17.7 Å². The van der Waals surface area contributed by atoms with Gasteiger partial charge in [-0.2, -0.15) is 0 Å². The van der Waals surface area contributed by atoms with Gasteiger partial charge in [0.1, 0.15) is 24.6 Å². The molecular formula is C17H19IN6O4. The summed E-state index contributed by atoms with van der Waals surface area (Å²) in [5, 5.41) is 32.7. The second kappa shape index (κ2) is 7.75. The Bertz CT molecular complexity index is 999. The first kappa shape index (κ1) is 19.3. The van der Waals surface area contributed by atoms with E-state index in [1.807, 2.05) is 18.2 Å². The molecule has 148 valence electrons. The van der Waals surface area contributed by atoms with Gasteiger partial charge >= 0.3 is 0 Å². The summed E-state index contributed by atoms with van der Waals surface area (Å²) in [6, 6.07) is 5.77. The molecule has 1 fully saturated rings. The smallest absolute Gasteiger partial charge is 0.167 e. The van der Waals surface area contributed by atoms with Gasteiger partial charge in [0.05, 0.1) is 12.9 Å². The summed E-state index contributed by atoms with van der Waals surface area (Å²) >= 11 is 2.18. The second-order valence-electron chi connectivity index (χ2n) is 6.48. The van der Waals surface area contributed by atoms with Gasteiger partial charge in [-0.1, -0.05) is 6.07 Å². The number of hydrogen-bond acceptors (Lipinski definition) is 9. The fourth-order valence-electron chi connectivity index (χ4n) is 3.14. The highest BCUT2D eigenvalue weighted by atomic mass is 127. The molecule has 1 aliphatic heterocycles. The van der Waals surface area contributed by atoms with Gasteiger partial charge in [0.25, 0.3) is 0 Å². The summed E-state index contributed by atoms with van der Waals surface area (Å²) in [6.45, 7) is 0.118. The van der Waals surface area contributed by atoms with Crippen LogP contribution in [0.1, 0.15) is 11.8 Å². The third-order valence-corrected chi connectivity index (χ3v) is 5.61. The average Bonchev–Trinajstić information content (AvgIpc) is 3.24. The summed E-state index contributed by atoms with van der Waals surface area (Å²) < 4.78 is 8.06. The van der Waals surface area contributed by atoms with E-state index in [0.29, 0.717) is 23.5 Å². The van der Waals surface area contributed by atoms with Gasteiger partial charge in [0.15, 0.2) is 23.2 Å². The number of fused-ring (bicyclic) bond motifs is 1. The van der Waals surface area contributed by atoms with Crippen molar-refractivity contribution in [3.05, 3.63) is 40.0 Å². The highest BCUT2D eigenvalue weighted by Gasteiger charge is 2.44. The molecule has 0 spiro atoms. The molecule has 2 aromatic heterocycles. The van der Waals surface area contributed by atoms with E-state index in [1.54, 1.807) is 0 Å². The fraction of sp³-hybridized carbons (Fsp3) is 0.353. The van der Waals surface area contributed by atoms with Crippen molar-refractivity contribution in [2.45, 2.75) is 31.1 Å². The van der Waals surface area contributed by atoms with Gasteiger partial charge in [-0.3, -0.25) is 4.57 Å². The molecule has 0 bridgehead atoms. The first-order valence-electron chi connectivity index (χ1n) is 8.57. The number of aromatic nitrogens is 4. The zero-order chi connectivity index (χ0) is 19.8. The molecular weight excluding hydrogens is 479 g/mol. The lowest BCUT2D eigenvalue weighted by molar-refractivity contribution is -0.0511. The largest absolute Gasteiger partial charge is 0.398 e. The molecule has 3 aromatic rings. The number of imidazole rings is 1. The Morgan fingerprint density at radius 2 is 2.04 bits per heavy atom. The van der Waals surface area contributed by atoms with Crippen molar-refractivity contribution < 1.29 is 20.1 Å². The number of aliphatic hydroxyl groups is 3. The lowest BCUT2D eigenvalue weighted by Gasteiger charge is -2.16. The lowest BCUT2D eigenvalue weighted by Crippen LogP contribution is -2.33. The molecule has 1 saturated heterocycles. The van der Waals surface area contributed by atoms with Crippen molar-refractivity contribution in [3.63, 3.8) is 0 Å². The molecule has 0 radical (unpaired) electrons. The van der Waals surface area contributed by atoms with E-state index in [1.165, 1.54) is 17.2 Å². The van der Waals surface area contributed by atoms with E-state index in [2.05, 4.69) is 42.9 Å². The van der Waals surface area contributed by atoms with E-state index in [0.717, 1.165) is 14.8 Å². The van der Waals surface area contributed by atoms with Crippen LogP contribution in [0.3, 0.4) is 0 Å². The molecule has 0 unspecified atom stereocenters. The van der Waals surface area contributed by atoms with Crippen LogP contribution in [0, 0.1) is 3.57 Å². The Kier molecular flexibility index (Phi) is 5.33. The molecule has 3 heterocycles. The molecule has 10 nitrogen and oxygen atoms in total. The van der Waals surface area contributed by atoms with Crippen LogP contribution in [0.5, 0.6) is 0 Å². The van der Waals surface area contributed by atoms with E-state index < -0.39 is 31.1 Å². The van der Waals surface area contributed by atoms with Crippen LogP contribution in [0.4, 0.5) is 11.5 Å². The predicted octanol–water partition coefficient (Wildman–Crippen LogP) is 0.237. The Labute approximate surface area is 173 Å². The molecule has 28 heavy (non-hydrogen) atoms. The van der Waals surface area contributed by atoms with Crippen LogP contribution in [-0.2, 0) is 11.3 Å². The van der Waals surface area contributed by atoms with E-state index in [-0.39, 0.29) is 0 Å². The van der Waals surface area contributed by atoms with Crippen molar-refractivity contribution in [3.8, 4) is 0 Å². The van der Waals surface area contributed by atoms with E-state index in [4.69, 9.17) is 10.5 Å². The number of ether oxygens (including phenoxy) is 1. The maximum atomic E-state index is 10.3. The Morgan fingerprint density at radius 3 is 2.75 bits per heavy atom. The van der Waals surface area contributed by atoms with E-state index >= 15 is 0 Å². The Balaban J connectivity index is 1.59. The number of rotatable bonds is 5. The van der Waals surface area contributed by atoms with Crippen LogP contribution < -0.4 is 11.1 Å². The molecule has 4 rings (SSSR count). The summed E-state index contributed by atoms with van der Waals surface area (Å²) in [7, 11) is 0. The van der Waals surface area contributed by atoms with Crippen LogP contribution >= 0.6 is 22.6 Å². The van der Waals surface area contributed by atoms with Crippen LogP contribution in [0.2, 0.25) is 0 Å². The van der Waals surface area contributed by atoms with Crippen molar-refractivity contribution in [1.82, 2.24) is 19.5 Å². The Morgan fingerprint density at radius 1 is 1.21 bits per heavy atom. The van der Waals surface area contributed by atoms with Gasteiger partial charge in [0, 0.05) is 15.8 Å². The number of anilines is 2. The predicted molar refractivity (Wildman–Crippen MR) is 109 cm³/mol. The SMILES string of the molecule is Nc1ccc(CNc2ncnc3c2ncn3[C@@H]2O[C@H](CO)[C@@H](O)[C@H]2O)cc1I. The topological polar surface area (TPSA) is 152 Å². The van der Waals surface area contributed by atoms with Crippen molar-refractivity contribution >= 4 is 45.3 Å². The molecule has 0 saturated carbocycles. The molecule has 1 aliphatic rings. The number of halogens is 1. The molecule has 0 aliphatic carbocycles. The summed E-state index contributed by atoms with van der Waals surface area (Å²) in [5.74, 6) is 0.530. The van der Waals surface area contributed by atoms with Gasteiger partial charge < -0.3 is 31.1 Å². The zero-order valence-corrected chi connectivity index (χ0v) is 16.8. The third kappa shape index (κ3) is 3.39. The Hall–Kier alpha value is -2.06. The number of hydrogen-bond donors (Lipinski definition) is 5. The number of nitrogens with two attached hydrogens (primary N) is 1. The van der Waals surface area contributed by atoms with Gasteiger partial charge in [0.2, 0.25) is 0 Å². The standard InChI is InChI=1S/C17H19IN6O4/c18-9-3-8(1-2-10(9)19)4-20-15-12-16(22-6-21-15)24(7-23-12)17-14(27)13(26)11(5-25)28-17/h1-3,6-7,11,13-14,17,25-27H,4-5,19H2,(H,20,21,22)/t11-,13-,14-,17-/m1/s1. The quantitative estimate of drug-likeness (QED) is 0.246. The number of nitrogen functional groups attached to an aromatic ring is 1. The summed E-state index contributed by atoms with van der Waals surface area (Å²) in [6.07, 6.45) is -1.32. The van der Waals surface area contributed by atoms with Crippen molar-refractivity contribution in [1.29, 1.82) is 0 Å². The van der Waals surface area contributed by atoms with Gasteiger partial charge in [-0.25, -0.2) is 15.0 Å². The second-order valence-corrected chi connectivity index (χ2v) is 7.65. The number of benzene rings is 1. The monoisotopic (exact) mass is 498 g/mol. The maximum absolute atomic E-state index is 10.3. The minimum atomic E-state index is -1.21. The first-order chi connectivity index (χ1) is 13.5. The van der Waals surface area contributed by atoms with Crippen molar-refractivity contribution in [2.24, 2.45) is 0 Å². The highest BCUT2D eigenvalue weighted by Crippen LogP contribution is 2.32. The van der Waals surface area contributed by atoms with E-state index in [9.17, 15) is 15.3 Å². The molecule has 6 N–H and O–H groups in total. The van der Waals surface area contributed by atoms with Crippen LogP contribution in [0.15, 0.2) is 30.9 Å². The maximum Gasteiger partial charge on any atom is 0.167 e. The molecule has 0 amide bonds. The summed E-state index contributed by atoms with van der Waals surface area (Å²) in [5.41, 5.74) is 8.56. The molecule has 1 aromatic carbocycles. The number of nitrogens with one attached hydrogen (secondary N) is 1. The van der Waals surface area contributed by atoms with Gasteiger partial charge in [-0.05, 0) is 40.3 Å². The van der Waals surface area contributed by atoms with Gasteiger partial charge in [-0.15, -0.1) is 0 Å². The summed E-state index contributed by atoms with van der Waals surface area (Å²) in [4.78, 5) is 12.8. The third-order valence-electron chi connectivity index (χ3n) is 4.67. The number of aliphatic hydroxyl groups excluding tert-OH is 3. The molecule has 4 atom stereocenters. The molecule has 11 heteroatoms. The number of nitrogens with zero attached hydrogens (tertiary/aromatic N) is 4. The minimum Gasteiger partial charge on any atom is -0.398 e. The highest BCUT2D eigenvalue weighted by molar-refractivity contribution is 14.1.